The largest absolute Gasteiger partial charge is 0.490 e. The van der Waals surface area contributed by atoms with Gasteiger partial charge in [-0.15, -0.1) is 0 Å². The second-order valence-corrected chi connectivity index (χ2v) is 8.02. The van der Waals surface area contributed by atoms with Gasteiger partial charge >= 0.3 is 12.0 Å². The van der Waals surface area contributed by atoms with Crippen molar-refractivity contribution in [3.8, 4) is 16.9 Å². The van der Waals surface area contributed by atoms with Gasteiger partial charge in [0.25, 0.3) is 0 Å². The normalized spacial score (nSPS) is 22.3. The first-order valence-electron chi connectivity index (χ1n) is 10.2. The van der Waals surface area contributed by atoms with E-state index in [2.05, 4.69) is 15.1 Å². The standard InChI is InChI=1S/C22H21N5O4/c28-21(29)20-4-5-27(25-20)22(30)26-11-15-7-19(8-16(15)12-26)31-18-3-1-2-14(6-18)17-9-23-13-24-10-17/h1-6,9-10,13,15-16,19H,7-8,11-12H2,(H,28,29). The molecule has 9 nitrogen and oxygen atoms in total. The van der Waals surface area contributed by atoms with Gasteiger partial charge in [0, 0.05) is 37.2 Å². The first kappa shape index (κ1) is 19.2. The number of aromatic carboxylic acids is 1. The van der Waals surface area contributed by atoms with Gasteiger partial charge in [0.15, 0.2) is 5.69 Å². The van der Waals surface area contributed by atoms with Crippen molar-refractivity contribution in [2.75, 3.05) is 13.1 Å². The predicted molar refractivity (Wildman–Crippen MR) is 110 cm³/mol. The van der Waals surface area contributed by atoms with Crippen molar-refractivity contribution >= 4 is 12.0 Å². The van der Waals surface area contributed by atoms with E-state index in [-0.39, 0.29) is 17.8 Å². The minimum Gasteiger partial charge on any atom is -0.490 e. The Kier molecular flexibility index (Phi) is 4.85. The minimum absolute atomic E-state index is 0.109. The van der Waals surface area contributed by atoms with Crippen LogP contribution in [0, 0.1) is 11.8 Å². The van der Waals surface area contributed by atoms with Crippen molar-refractivity contribution in [3.63, 3.8) is 0 Å². The van der Waals surface area contributed by atoms with E-state index in [9.17, 15) is 9.59 Å². The van der Waals surface area contributed by atoms with Crippen molar-refractivity contribution in [2.45, 2.75) is 18.9 Å². The molecule has 1 N–H and O–H groups in total. The summed E-state index contributed by atoms with van der Waals surface area (Å²) in [7, 11) is 0. The number of fused-ring (bicyclic) bond motifs is 1. The number of likely N-dealkylation sites (tertiary alicyclic amines) is 1. The number of benzene rings is 1. The van der Waals surface area contributed by atoms with Crippen molar-refractivity contribution in [3.05, 3.63) is 60.9 Å². The van der Waals surface area contributed by atoms with E-state index >= 15 is 0 Å². The van der Waals surface area contributed by atoms with Crippen LogP contribution < -0.4 is 4.74 Å². The number of aromatic nitrogens is 4. The highest BCUT2D eigenvalue weighted by Gasteiger charge is 2.43. The monoisotopic (exact) mass is 419 g/mol. The van der Waals surface area contributed by atoms with E-state index in [4.69, 9.17) is 9.84 Å². The number of carbonyl (C=O) groups excluding carboxylic acids is 1. The molecule has 1 saturated heterocycles. The molecule has 158 valence electrons. The van der Waals surface area contributed by atoms with Crippen molar-refractivity contribution in [1.82, 2.24) is 24.6 Å². The van der Waals surface area contributed by atoms with E-state index in [0.717, 1.165) is 34.4 Å². The highest BCUT2D eigenvalue weighted by Crippen LogP contribution is 2.40. The van der Waals surface area contributed by atoms with Crippen molar-refractivity contribution < 1.29 is 19.4 Å². The van der Waals surface area contributed by atoms with Crippen LogP contribution in [-0.2, 0) is 0 Å². The zero-order chi connectivity index (χ0) is 21.4. The second-order valence-electron chi connectivity index (χ2n) is 8.02. The predicted octanol–water partition coefficient (Wildman–Crippen LogP) is 2.80. The Balaban J connectivity index is 1.20. The first-order chi connectivity index (χ1) is 15.1. The van der Waals surface area contributed by atoms with Gasteiger partial charge in [-0.2, -0.15) is 9.78 Å². The Labute approximate surface area is 178 Å². The molecule has 0 spiro atoms. The maximum absolute atomic E-state index is 12.7. The quantitative estimate of drug-likeness (QED) is 0.692. The van der Waals surface area contributed by atoms with Crippen LogP contribution in [0.3, 0.4) is 0 Å². The van der Waals surface area contributed by atoms with Crippen LogP contribution in [0.4, 0.5) is 4.79 Å². The SMILES string of the molecule is O=C(O)c1ccn(C(=O)N2CC3CC(Oc4cccc(-c5cncnc5)c4)CC3C2)n1. The van der Waals surface area contributed by atoms with Gasteiger partial charge < -0.3 is 14.7 Å². The van der Waals surface area contributed by atoms with E-state index in [1.54, 1.807) is 17.3 Å². The summed E-state index contributed by atoms with van der Waals surface area (Å²) in [6.07, 6.45) is 8.33. The van der Waals surface area contributed by atoms with Crippen molar-refractivity contribution in [2.24, 2.45) is 11.8 Å². The third kappa shape index (κ3) is 3.86. The molecule has 1 aliphatic carbocycles. The molecule has 9 heteroatoms. The third-order valence-electron chi connectivity index (χ3n) is 6.01. The molecular formula is C22H21N5O4. The van der Waals surface area contributed by atoms with Gasteiger partial charge in [0.2, 0.25) is 0 Å². The highest BCUT2D eigenvalue weighted by atomic mass is 16.5. The van der Waals surface area contributed by atoms with Gasteiger partial charge in [-0.05, 0) is 48.4 Å². The van der Waals surface area contributed by atoms with Crippen LogP contribution in [-0.4, -0.2) is 60.9 Å². The van der Waals surface area contributed by atoms with E-state index in [0.29, 0.717) is 24.9 Å². The minimum atomic E-state index is -1.14. The number of carboxylic acid groups (broad SMARTS) is 1. The van der Waals surface area contributed by atoms with Gasteiger partial charge in [-0.1, -0.05) is 12.1 Å². The molecule has 1 saturated carbocycles. The van der Waals surface area contributed by atoms with Crippen LogP contribution in [0.5, 0.6) is 5.75 Å². The molecule has 0 radical (unpaired) electrons. The van der Waals surface area contributed by atoms with E-state index < -0.39 is 5.97 Å². The summed E-state index contributed by atoms with van der Waals surface area (Å²) >= 11 is 0. The Bertz CT molecular complexity index is 1100. The zero-order valence-corrected chi connectivity index (χ0v) is 16.7. The summed E-state index contributed by atoms with van der Waals surface area (Å²) in [5.74, 6) is 0.411. The first-order valence-corrected chi connectivity index (χ1v) is 10.2. The number of hydrogen-bond donors (Lipinski definition) is 1. The zero-order valence-electron chi connectivity index (χ0n) is 16.7. The van der Waals surface area contributed by atoms with E-state index in [1.807, 2.05) is 24.3 Å². The van der Waals surface area contributed by atoms with Crippen LogP contribution >= 0.6 is 0 Å². The molecule has 3 heterocycles. The Morgan fingerprint density at radius 3 is 2.45 bits per heavy atom. The van der Waals surface area contributed by atoms with Gasteiger partial charge in [0.05, 0.1) is 6.10 Å². The average molecular weight is 419 g/mol. The summed E-state index contributed by atoms with van der Waals surface area (Å²) in [6.45, 7) is 1.26. The molecule has 1 aromatic carbocycles. The fourth-order valence-corrected chi connectivity index (χ4v) is 4.58. The smallest absolute Gasteiger partial charge is 0.356 e. The van der Waals surface area contributed by atoms with Gasteiger partial charge in [-0.3, -0.25) is 0 Å². The molecule has 3 aromatic rings. The van der Waals surface area contributed by atoms with Crippen molar-refractivity contribution in [1.29, 1.82) is 0 Å². The number of ether oxygens (including phenoxy) is 1. The molecule has 2 aliphatic rings. The van der Waals surface area contributed by atoms with Crippen LogP contribution in [0.1, 0.15) is 23.3 Å². The third-order valence-corrected chi connectivity index (χ3v) is 6.01. The Morgan fingerprint density at radius 1 is 1.03 bits per heavy atom. The summed E-state index contributed by atoms with van der Waals surface area (Å²) in [5.41, 5.74) is 1.81. The Hall–Kier alpha value is -3.75. The fraction of sp³-hybridized carbons (Fsp3) is 0.318. The number of carboxylic acids is 1. The number of nitrogens with zero attached hydrogens (tertiary/aromatic N) is 5. The maximum atomic E-state index is 12.7. The molecular weight excluding hydrogens is 398 g/mol. The lowest BCUT2D eigenvalue weighted by Crippen LogP contribution is -2.34. The number of rotatable bonds is 4. The topological polar surface area (TPSA) is 110 Å². The molecule has 2 aromatic heterocycles. The molecule has 1 aliphatic heterocycles. The lowest BCUT2D eigenvalue weighted by atomic mass is 10.0. The molecule has 31 heavy (non-hydrogen) atoms. The van der Waals surface area contributed by atoms with E-state index in [1.165, 1.54) is 18.6 Å². The summed E-state index contributed by atoms with van der Waals surface area (Å²) < 4.78 is 7.37. The van der Waals surface area contributed by atoms with Crippen LogP contribution in [0.2, 0.25) is 0 Å². The second kappa shape index (κ2) is 7.82. The molecule has 2 unspecified atom stereocenters. The maximum Gasteiger partial charge on any atom is 0.356 e. The number of amides is 1. The number of carbonyl (C=O) groups is 2. The fourth-order valence-electron chi connectivity index (χ4n) is 4.58. The van der Waals surface area contributed by atoms with Gasteiger partial charge in [-0.25, -0.2) is 19.6 Å². The van der Waals surface area contributed by atoms with Gasteiger partial charge in [0.1, 0.15) is 12.1 Å². The van der Waals surface area contributed by atoms with Crippen LogP contribution in [0.25, 0.3) is 11.1 Å². The number of hydrogen-bond acceptors (Lipinski definition) is 6. The molecule has 0 bridgehead atoms. The summed E-state index contributed by atoms with van der Waals surface area (Å²) in [4.78, 5) is 33.5. The molecule has 2 atom stereocenters. The average Bonchev–Trinajstić information content (AvgIpc) is 3.49. The molecule has 5 rings (SSSR count). The highest BCUT2D eigenvalue weighted by molar-refractivity contribution is 5.86. The summed E-state index contributed by atoms with van der Waals surface area (Å²) in [6, 6.07) is 8.97. The van der Waals surface area contributed by atoms with Crippen LogP contribution in [0.15, 0.2) is 55.2 Å². The lowest BCUT2D eigenvalue weighted by molar-refractivity contribution is 0.0690. The lowest BCUT2D eigenvalue weighted by Gasteiger charge is -2.20. The summed E-state index contributed by atoms with van der Waals surface area (Å²) in [5, 5.41) is 12.8. The Morgan fingerprint density at radius 2 is 1.77 bits per heavy atom. The molecule has 2 fully saturated rings. The molecule has 1 amide bonds.